The van der Waals surface area contributed by atoms with Gasteiger partial charge in [-0.05, 0) is 44.2 Å². The second kappa shape index (κ2) is 14.2. The van der Waals surface area contributed by atoms with Crippen molar-refractivity contribution in [2.45, 2.75) is 56.7 Å². The highest BCUT2D eigenvalue weighted by atomic mass is 127. The summed E-state index contributed by atoms with van der Waals surface area (Å²) in [5, 5.41) is 7.31. The molecule has 0 aromatic heterocycles. The van der Waals surface area contributed by atoms with Crippen LogP contribution in [0.2, 0.25) is 0 Å². The summed E-state index contributed by atoms with van der Waals surface area (Å²) in [6.45, 7) is 3.98. The Balaban J connectivity index is 0.00000392. The Morgan fingerprint density at radius 2 is 2.00 bits per heavy atom. The van der Waals surface area contributed by atoms with E-state index in [0.29, 0.717) is 11.3 Å². The van der Waals surface area contributed by atoms with E-state index in [2.05, 4.69) is 51.8 Å². The normalized spacial score (nSPS) is 20.8. The molecule has 3 atom stereocenters. The van der Waals surface area contributed by atoms with Crippen molar-refractivity contribution in [3.8, 4) is 0 Å². The molecule has 7 heteroatoms. The summed E-state index contributed by atoms with van der Waals surface area (Å²) in [6.07, 6.45) is 6.61. The third-order valence-corrected chi connectivity index (χ3v) is 7.00. The van der Waals surface area contributed by atoms with Crippen LogP contribution in [0.1, 0.15) is 45.4 Å². The quantitative estimate of drug-likeness (QED) is 0.225. The van der Waals surface area contributed by atoms with Gasteiger partial charge >= 0.3 is 0 Å². The zero-order valence-electron chi connectivity index (χ0n) is 17.5. The van der Waals surface area contributed by atoms with Gasteiger partial charge in [-0.2, -0.15) is 0 Å². The lowest BCUT2D eigenvalue weighted by Crippen LogP contribution is -2.46. The fourth-order valence-electron chi connectivity index (χ4n) is 3.63. The molecule has 1 aliphatic rings. The van der Waals surface area contributed by atoms with Gasteiger partial charge in [0.15, 0.2) is 5.96 Å². The average Bonchev–Trinajstić information content (AvgIpc) is 2.72. The molecule has 28 heavy (non-hydrogen) atoms. The van der Waals surface area contributed by atoms with E-state index in [-0.39, 0.29) is 24.0 Å². The topological polar surface area (TPSA) is 56.7 Å². The zero-order chi connectivity index (χ0) is 19.5. The monoisotopic (exact) mass is 520 g/mol. The summed E-state index contributed by atoms with van der Waals surface area (Å²) in [6, 6.07) is 10.9. The predicted molar refractivity (Wildman–Crippen MR) is 134 cm³/mol. The molecule has 1 saturated carbocycles. The van der Waals surface area contributed by atoms with Crippen molar-refractivity contribution in [2.75, 3.05) is 37.8 Å². The molecular formula is C21H37IN4OS. The number of hydrogen-bond donors (Lipinski definition) is 2. The number of nitrogens with one attached hydrogen (secondary N) is 2. The maximum absolute atomic E-state index is 12.1. The van der Waals surface area contributed by atoms with Crippen LogP contribution < -0.4 is 15.5 Å². The summed E-state index contributed by atoms with van der Waals surface area (Å²) in [5.74, 6) is 1.64. The summed E-state index contributed by atoms with van der Waals surface area (Å²) in [7, 11) is 3.28. The molecule has 5 nitrogen and oxygen atoms in total. The van der Waals surface area contributed by atoms with Crippen LogP contribution in [0, 0.1) is 0 Å². The molecule has 0 spiro atoms. The molecule has 2 N–H and O–H groups in total. The van der Waals surface area contributed by atoms with Crippen molar-refractivity contribution in [3.63, 3.8) is 0 Å². The zero-order valence-corrected chi connectivity index (χ0v) is 20.7. The molecule has 1 fully saturated rings. The lowest BCUT2D eigenvalue weighted by Gasteiger charge is -2.30. The van der Waals surface area contributed by atoms with E-state index in [1.165, 1.54) is 5.69 Å². The summed E-state index contributed by atoms with van der Waals surface area (Å²) >= 11 is 0. The maximum atomic E-state index is 12.1. The standard InChI is InChI=1S/C21H36N4OS.HI/c1-4-27(26)20-14-10-11-18(17-20)24-21(22-2)23-15-8-9-16-25(3)19-12-6-5-7-13-19;/h5-7,12-13,18,20H,4,8-11,14-17H2,1-3H3,(H2,22,23,24);1H. The number of hydrogen-bond acceptors (Lipinski definition) is 3. The number of aliphatic imine (C=N–C) groups is 1. The minimum absolute atomic E-state index is 0. The Bertz CT molecular complexity index is 599. The SMILES string of the molecule is CCS(=O)C1CCCC(NC(=NC)NCCCCN(C)c2ccccc2)C1.I. The van der Waals surface area contributed by atoms with Crippen LogP contribution in [0.15, 0.2) is 35.3 Å². The van der Waals surface area contributed by atoms with Gasteiger partial charge in [-0.15, -0.1) is 24.0 Å². The molecule has 3 unspecified atom stereocenters. The van der Waals surface area contributed by atoms with Gasteiger partial charge in [-0.3, -0.25) is 9.20 Å². The van der Waals surface area contributed by atoms with E-state index in [4.69, 9.17) is 0 Å². The van der Waals surface area contributed by atoms with Crippen LogP contribution in [0.4, 0.5) is 5.69 Å². The first-order chi connectivity index (χ1) is 13.1. The fraction of sp³-hybridized carbons (Fsp3) is 0.667. The first-order valence-corrected chi connectivity index (χ1v) is 11.6. The lowest BCUT2D eigenvalue weighted by molar-refractivity contribution is 0.413. The van der Waals surface area contributed by atoms with Gasteiger partial charge in [-0.25, -0.2) is 0 Å². The van der Waals surface area contributed by atoms with Crippen LogP contribution in [0.25, 0.3) is 0 Å². The molecule has 0 heterocycles. The summed E-state index contributed by atoms with van der Waals surface area (Å²) < 4.78 is 12.1. The van der Waals surface area contributed by atoms with E-state index in [0.717, 1.165) is 63.3 Å². The van der Waals surface area contributed by atoms with Gasteiger partial charge in [-0.1, -0.05) is 31.5 Å². The maximum Gasteiger partial charge on any atom is 0.191 e. The molecule has 0 amide bonds. The van der Waals surface area contributed by atoms with Crippen molar-refractivity contribution in [1.82, 2.24) is 10.6 Å². The molecule has 0 radical (unpaired) electrons. The number of nitrogens with zero attached hydrogens (tertiary/aromatic N) is 2. The molecule has 2 rings (SSSR count). The third kappa shape index (κ3) is 8.68. The lowest BCUT2D eigenvalue weighted by atomic mass is 9.95. The highest BCUT2D eigenvalue weighted by Gasteiger charge is 2.25. The second-order valence-electron chi connectivity index (χ2n) is 7.26. The number of halogens is 1. The number of para-hydroxylation sites is 1. The van der Waals surface area contributed by atoms with E-state index in [9.17, 15) is 4.21 Å². The van der Waals surface area contributed by atoms with E-state index in [1.807, 2.05) is 20.0 Å². The second-order valence-corrected chi connectivity index (χ2v) is 9.27. The highest BCUT2D eigenvalue weighted by molar-refractivity contribution is 14.0. The molecule has 0 bridgehead atoms. The van der Waals surface area contributed by atoms with Gasteiger partial charge in [0, 0.05) is 60.7 Å². The van der Waals surface area contributed by atoms with Crippen molar-refractivity contribution >= 4 is 46.4 Å². The first-order valence-electron chi connectivity index (χ1n) is 10.2. The minimum atomic E-state index is -0.684. The van der Waals surface area contributed by atoms with Crippen molar-refractivity contribution < 1.29 is 4.21 Å². The van der Waals surface area contributed by atoms with Gasteiger partial charge in [0.2, 0.25) is 0 Å². The van der Waals surface area contributed by atoms with Crippen LogP contribution >= 0.6 is 24.0 Å². The van der Waals surface area contributed by atoms with Gasteiger partial charge in [0.25, 0.3) is 0 Å². The van der Waals surface area contributed by atoms with Crippen LogP contribution in [-0.4, -0.2) is 54.4 Å². The van der Waals surface area contributed by atoms with Crippen molar-refractivity contribution in [1.29, 1.82) is 0 Å². The number of rotatable bonds is 9. The molecule has 1 aromatic carbocycles. The van der Waals surface area contributed by atoms with Gasteiger partial charge < -0.3 is 15.5 Å². The Hall–Kier alpha value is -0.830. The number of unbranched alkanes of at least 4 members (excludes halogenated alkanes) is 1. The highest BCUT2D eigenvalue weighted by Crippen LogP contribution is 2.23. The molecule has 0 aliphatic heterocycles. The summed E-state index contributed by atoms with van der Waals surface area (Å²) in [5.41, 5.74) is 1.26. The van der Waals surface area contributed by atoms with Gasteiger partial charge in [0.1, 0.15) is 0 Å². The fourth-order valence-corrected chi connectivity index (χ4v) is 4.98. The molecule has 0 saturated heterocycles. The largest absolute Gasteiger partial charge is 0.375 e. The third-order valence-electron chi connectivity index (χ3n) is 5.26. The van der Waals surface area contributed by atoms with Crippen LogP contribution in [0.3, 0.4) is 0 Å². The number of guanidine groups is 1. The molecular weight excluding hydrogens is 483 g/mol. The molecule has 1 aromatic rings. The predicted octanol–water partition coefficient (Wildman–Crippen LogP) is 3.77. The van der Waals surface area contributed by atoms with Crippen LogP contribution in [0.5, 0.6) is 0 Å². The molecule has 160 valence electrons. The Labute approximate surface area is 190 Å². The summed E-state index contributed by atoms with van der Waals surface area (Å²) in [4.78, 5) is 6.66. The molecule has 1 aliphatic carbocycles. The van der Waals surface area contributed by atoms with Gasteiger partial charge in [0.05, 0.1) is 0 Å². The Morgan fingerprint density at radius 3 is 2.68 bits per heavy atom. The smallest absolute Gasteiger partial charge is 0.191 e. The van der Waals surface area contributed by atoms with E-state index in [1.54, 1.807) is 0 Å². The number of anilines is 1. The van der Waals surface area contributed by atoms with Crippen molar-refractivity contribution in [2.24, 2.45) is 4.99 Å². The van der Waals surface area contributed by atoms with Crippen molar-refractivity contribution in [3.05, 3.63) is 30.3 Å². The number of benzene rings is 1. The van der Waals surface area contributed by atoms with E-state index >= 15 is 0 Å². The first kappa shape index (κ1) is 25.2. The Kier molecular flexibility index (Phi) is 12.8. The minimum Gasteiger partial charge on any atom is -0.375 e. The van der Waals surface area contributed by atoms with E-state index < -0.39 is 10.8 Å². The van der Waals surface area contributed by atoms with Crippen LogP contribution in [-0.2, 0) is 10.8 Å². The Morgan fingerprint density at radius 1 is 1.25 bits per heavy atom. The average molecular weight is 521 g/mol.